The number of hydrogen-bond acceptors (Lipinski definition) is 4. The zero-order valence-electron chi connectivity index (χ0n) is 10.9. The average Bonchev–Trinajstić information content (AvgIpc) is 2.46. The van der Waals surface area contributed by atoms with Crippen LogP contribution in [0.15, 0.2) is 24.3 Å². The number of rotatable bonds is 4. The van der Waals surface area contributed by atoms with Crippen molar-refractivity contribution in [2.45, 2.75) is 18.9 Å². The number of methoxy groups -OCH3 is 1. The van der Waals surface area contributed by atoms with Gasteiger partial charge in [-0.25, -0.2) is 4.79 Å². The summed E-state index contributed by atoms with van der Waals surface area (Å²) in [4.78, 5) is 11.9. The maximum absolute atomic E-state index is 11.9. The van der Waals surface area contributed by atoms with E-state index in [1.807, 2.05) is 18.2 Å². The maximum Gasteiger partial charge on any atom is 0.328 e. The number of halogens is 1. The molecule has 0 radical (unpaired) electrons. The summed E-state index contributed by atoms with van der Waals surface area (Å²) in [6.07, 6.45) is 1.90. The van der Waals surface area contributed by atoms with Crippen LogP contribution in [-0.4, -0.2) is 32.3 Å². The molecule has 1 aromatic rings. The third-order valence-electron chi connectivity index (χ3n) is 3.31. The van der Waals surface area contributed by atoms with Crippen LogP contribution in [0, 0.1) is 5.92 Å². The van der Waals surface area contributed by atoms with Crippen LogP contribution in [0.1, 0.15) is 12.8 Å². The van der Waals surface area contributed by atoms with Crippen molar-refractivity contribution in [2.75, 3.05) is 25.6 Å². The lowest BCUT2D eigenvalue weighted by Crippen LogP contribution is -2.41. The predicted molar refractivity (Wildman–Crippen MR) is 74.4 cm³/mol. The lowest BCUT2D eigenvalue weighted by molar-refractivity contribution is -0.144. The number of carbonyl (C=O) groups excluding carboxylic acids is 1. The summed E-state index contributed by atoms with van der Waals surface area (Å²) in [5.41, 5.74) is 0.741. The average molecular weight is 284 g/mol. The molecule has 1 aliphatic rings. The number of carbonyl (C=O) groups is 1. The Balaban J connectivity index is 2.13. The van der Waals surface area contributed by atoms with E-state index in [2.05, 4.69) is 5.32 Å². The number of ether oxygens (including phenoxy) is 2. The maximum atomic E-state index is 11.9. The highest BCUT2D eigenvalue weighted by atomic mass is 35.5. The molecule has 5 heteroatoms. The first-order valence-electron chi connectivity index (χ1n) is 6.39. The van der Waals surface area contributed by atoms with Crippen molar-refractivity contribution in [2.24, 2.45) is 5.92 Å². The molecule has 4 nitrogen and oxygen atoms in total. The molecule has 0 aromatic heterocycles. The van der Waals surface area contributed by atoms with Crippen molar-refractivity contribution in [1.82, 2.24) is 0 Å². The number of benzene rings is 1. The second-order valence-electron chi connectivity index (χ2n) is 4.60. The first-order valence-corrected chi connectivity index (χ1v) is 6.77. The van der Waals surface area contributed by atoms with Crippen molar-refractivity contribution in [3.8, 4) is 0 Å². The fraction of sp³-hybridized carbons (Fsp3) is 0.500. The summed E-state index contributed by atoms with van der Waals surface area (Å²) in [5.74, 6) is -0.173. The molecule has 1 heterocycles. The van der Waals surface area contributed by atoms with E-state index in [0.717, 1.165) is 25.1 Å². The Morgan fingerprint density at radius 3 is 2.95 bits per heavy atom. The quantitative estimate of drug-likeness (QED) is 0.863. The summed E-state index contributed by atoms with van der Waals surface area (Å²) >= 11 is 6.11. The Kier molecular flexibility index (Phi) is 5.05. The molecule has 0 amide bonds. The molecule has 0 bridgehead atoms. The van der Waals surface area contributed by atoms with Gasteiger partial charge in [0.2, 0.25) is 0 Å². The van der Waals surface area contributed by atoms with Crippen molar-refractivity contribution in [3.63, 3.8) is 0 Å². The minimum absolute atomic E-state index is 0.109. The van der Waals surface area contributed by atoms with Crippen molar-refractivity contribution < 1.29 is 14.3 Å². The van der Waals surface area contributed by atoms with Crippen molar-refractivity contribution in [3.05, 3.63) is 29.3 Å². The van der Waals surface area contributed by atoms with E-state index in [0.29, 0.717) is 11.6 Å². The van der Waals surface area contributed by atoms with Gasteiger partial charge in [0.15, 0.2) is 0 Å². The largest absolute Gasteiger partial charge is 0.467 e. The molecule has 1 saturated heterocycles. The Morgan fingerprint density at radius 2 is 2.32 bits per heavy atom. The molecule has 0 saturated carbocycles. The van der Waals surface area contributed by atoms with Gasteiger partial charge in [0.05, 0.1) is 24.4 Å². The molecule has 2 rings (SSSR count). The summed E-state index contributed by atoms with van der Waals surface area (Å²) in [6, 6.07) is 6.94. The molecule has 1 aliphatic heterocycles. The van der Waals surface area contributed by atoms with Gasteiger partial charge in [-0.1, -0.05) is 23.7 Å². The summed E-state index contributed by atoms with van der Waals surface area (Å²) < 4.78 is 10.3. The van der Waals surface area contributed by atoms with Crippen molar-refractivity contribution >= 4 is 23.3 Å². The van der Waals surface area contributed by atoms with Gasteiger partial charge in [-0.3, -0.25) is 0 Å². The molecule has 0 aliphatic carbocycles. The first kappa shape index (κ1) is 14.2. The molecule has 2 atom stereocenters. The normalized spacial score (nSPS) is 20.6. The van der Waals surface area contributed by atoms with Crippen LogP contribution in [0.3, 0.4) is 0 Å². The molecule has 0 spiro atoms. The van der Waals surface area contributed by atoms with E-state index >= 15 is 0 Å². The second kappa shape index (κ2) is 6.78. The highest BCUT2D eigenvalue weighted by molar-refractivity contribution is 6.33. The van der Waals surface area contributed by atoms with Crippen LogP contribution < -0.4 is 5.32 Å². The zero-order chi connectivity index (χ0) is 13.7. The SMILES string of the molecule is COC(=O)C(Nc1ccccc1Cl)C1CCCOC1. The number of para-hydroxylation sites is 1. The van der Waals surface area contributed by atoms with Gasteiger partial charge < -0.3 is 14.8 Å². The summed E-state index contributed by atoms with van der Waals surface area (Å²) in [5, 5.41) is 3.77. The summed E-state index contributed by atoms with van der Waals surface area (Å²) in [6.45, 7) is 1.33. The van der Waals surface area contributed by atoms with Crippen LogP contribution in [-0.2, 0) is 14.3 Å². The topological polar surface area (TPSA) is 47.6 Å². The molecule has 104 valence electrons. The molecular formula is C14H18ClNO3. The van der Waals surface area contributed by atoms with Crippen LogP contribution in [0.4, 0.5) is 5.69 Å². The fourth-order valence-electron chi connectivity index (χ4n) is 2.27. The monoisotopic (exact) mass is 283 g/mol. The Labute approximate surface area is 118 Å². The van der Waals surface area contributed by atoms with Gasteiger partial charge in [-0.2, -0.15) is 0 Å². The highest BCUT2D eigenvalue weighted by Gasteiger charge is 2.31. The molecule has 1 fully saturated rings. The molecule has 1 aromatic carbocycles. The van der Waals surface area contributed by atoms with Crippen LogP contribution in [0.25, 0.3) is 0 Å². The standard InChI is InChI=1S/C14H18ClNO3/c1-18-14(17)13(10-5-4-8-19-9-10)16-12-7-3-2-6-11(12)15/h2-3,6-7,10,13,16H,4-5,8-9H2,1H3. The molecule has 2 unspecified atom stereocenters. The van der Waals surface area contributed by atoms with E-state index < -0.39 is 6.04 Å². The predicted octanol–water partition coefficient (Wildman–Crippen LogP) is 2.72. The van der Waals surface area contributed by atoms with E-state index in [4.69, 9.17) is 21.1 Å². The third-order valence-corrected chi connectivity index (χ3v) is 3.64. The number of anilines is 1. The minimum Gasteiger partial charge on any atom is -0.467 e. The first-order chi connectivity index (χ1) is 9.22. The third kappa shape index (κ3) is 3.61. The van der Waals surface area contributed by atoms with E-state index in [1.165, 1.54) is 7.11 Å². The Hall–Kier alpha value is -1.26. The molecular weight excluding hydrogens is 266 g/mol. The fourth-order valence-corrected chi connectivity index (χ4v) is 2.46. The number of esters is 1. The lowest BCUT2D eigenvalue weighted by Gasteiger charge is -2.29. The molecule has 19 heavy (non-hydrogen) atoms. The van der Waals surface area contributed by atoms with Gasteiger partial charge in [0.25, 0.3) is 0 Å². The van der Waals surface area contributed by atoms with Crippen molar-refractivity contribution in [1.29, 1.82) is 0 Å². The van der Waals surface area contributed by atoms with Gasteiger partial charge >= 0.3 is 5.97 Å². The van der Waals surface area contributed by atoms with Gasteiger partial charge in [0.1, 0.15) is 6.04 Å². The summed E-state index contributed by atoms with van der Waals surface area (Å²) in [7, 11) is 1.40. The Morgan fingerprint density at radius 1 is 1.53 bits per heavy atom. The minimum atomic E-state index is -0.426. The smallest absolute Gasteiger partial charge is 0.328 e. The van der Waals surface area contributed by atoms with E-state index in [9.17, 15) is 4.79 Å². The lowest BCUT2D eigenvalue weighted by atomic mass is 9.93. The van der Waals surface area contributed by atoms with Crippen LogP contribution in [0.5, 0.6) is 0 Å². The van der Waals surface area contributed by atoms with Crippen LogP contribution >= 0.6 is 11.6 Å². The van der Waals surface area contributed by atoms with E-state index in [-0.39, 0.29) is 11.9 Å². The second-order valence-corrected chi connectivity index (χ2v) is 5.01. The van der Waals surface area contributed by atoms with Gasteiger partial charge in [0, 0.05) is 12.5 Å². The number of nitrogens with one attached hydrogen (secondary N) is 1. The zero-order valence-corrected chi connectivity index (χ0v) is 11.7. The highest BCUT2D eigenvalue weighted by Crippen LogP contribution is 2.26. The van der Waals surface area contributed by atoms with E-state index in [1.54, 1.807) is 6.07 Å². The van der Waals surface area contributed by atoms with Gasteiger partial charge in [-0.05, 0) is 25.0 Å². The Bertz CT molecular complexity index is 432. The number of hydrogen-bond donors (Lipinski definition) is 1. The molecule has 1 N–H and O–H groups in total. The van der Waals surface area contributed by atoms with Gasteiger partial charge in [-0.15, -0.1) is 0 Å². The van der Waals surface area contributed by atoms with Crippen LogP contribution in [0.2, 0.25) is 5.02 Å².